The van der Waals surface area contributed by atoms with Gasteiger partial charge < -0.3 is 9.84 Å². The third-order valence-electron chi connectivity index (χ3n) is 2.36. The highest BCUT2D eigenvalue weighted by molar-refractivity contribution is 5.70. The standard InChI is InChI=1S/C13H8F4O2/c14-9-3-6-12(18)11(7-9)8-1-4-10(5-2-8)19-13(15,16)17/h1-7,18H. The fraction of sp³-hybridized carbons (Fsp3) is 0.0769. The Labute approximate surface area is 105 Å². The van der Waals surface area contributed by atoms with Crippen LogP contribution in [0.2, 0.25) is 0 Å². The Morgan fingerprint density at radius 2 is 1.58 bits per heavy atom. The minimum Gasteiger partial charge on any atom is -0.507 e. The van der Waals surface area contributed by atoms with E-state index in [4.69, 9.17) is 0 Å². The summed E-state index contributed by atoms with van der Waals surface area (Å²) < 4.78 is 52.7. The molecule has 0 unspecified atom stereocenters. The van der Waals surface area contributed by atoms with E-state index < -0.39 is 12.2 Å². The quantitative estimate of drug-likeness (QED) is 0.834. The van der Waals surface area contributed by atoms with Crippen LogP contribution in [0.25, 0.3) is 11.1 Å². The molecule has 100 valence electrons. The number of hydrogen-bond acceptors (Lipinski definition) is 2. The summed E-state index contributed by atoms with van der Waals surface area (Å²) in [5.74, 6) is -1.10. The normalized spacial score (nSPS) is 11.4. The van der Waals surface area contributed by atoms with Gasteiger partial charge in [-0.25, -0.2) is 4.39 Å². The zero-order valence-electron chi connectivity index (χ0n) is 9.41. The molecule has 2 nitrogen and oxygen atoms in total. The number of rotatable bonds is 2. The molecular weight excluding hydrogens is 264 g/mol. The zero-order chi connectivity index (χ0) is 14.0. The van der Waals surface area contributed by atoms with Crippen LogP contribution in [-0.4, -0.2) is 11.5 Å². The molecule has 0 saturated heterocycles. The van der Waals surface area contributed by atoms with Crippen LogP contribution >= 0.6 is 0 Å². The molecule has 0 aromatic heterocycles. The van der Waals surface area contributed by atoms with Gasteiger partial charge in [0.1, 0.15) is 17.3 Å². The second-order valence-corrected chi connectivity index (χ2v) is 3.73. The lowest BCUT2D eigenvalue weighted by Gasteiger charge is -2.10. The van der Waals surface area contributed by atoms with E-state index in [1.807, 2.05) is 0 Å². The van der Waals surface area contributed by atoms with Crippen LogP contribution in [0, 0.1) is 5.82 Å². The van der Waals surface area contributed by atoms with Crippen molar-refractivity contribution in [3.8, 4) is 22.6 Å². The summed E-state index contributed by atoms with van der Waals surface area (Å²) >= 11 is 0. The molecule has 0 atom stereocenters. The Morgan fingerprint density at radius 3 is 2.16 bits per heavy atom. The van der Waals surface area contributed by atoms with Crippen LogP contribution in [0.3, 0.4) is 0 Å². The monoisotopic (exact) mass is 272 g/mol. The summed E-state index contributed by atoms with van der Waals surface area (Å²) in [6.07, 6.45) is -4.76. The van der Waals surface area contributed by atoms with Crippen molar-refractivity contribution in [1.29, 1.82) is 0 Å². The summed E-state index contributed by atoms with van der Waals surface area (Å²) in [4.78, 5) is 0. The third kappa shape index (κ3) is 3.37. The minimum absolute atomic E-state index is 0.161. The molecule has 0 aliphatic heterocycles. The largest absolute Gasteiger partial charge is 0.573 e. The second kappa shape index (κ2) is 4.79. The van der Waals surface area contributed by atoms with Crippen molar-refractivity contribution < 1.29 is 27.4 Å². The molecule has 0 spiro atoms. The van der Waals surface area contributed by atoms with Gasteiger partial charge in [-0.15, -0.1) is 13.2 Å². The van der Waals surface area contributed by atoms with E-state index in [0.29, 0.717) is 5.56 Å². The van der Waals surface area contributed by atoms with Gasteiger partial charge >= 0.3 is 6.36 Å². The predicted molar refractivity (Wildman–Crippen MR) is 60.2 cm³/mol. The summed E-state index contributed by atoms with van der Waals surface area (Å²) in [5, 5.41) is 9.57. The number of phenolic OH excluding ortho intramolecular Hbond substituents is 1. The van der Waals surface area contributed by atoms with Crippen molar-refractivity contribution in [3.63, 3.8) is 0 Å². The molecule has 6 heteroatoms. The van der Waals surface area contributed by atoms with E-state index in [9.17, 15) is 22.7 Å². The highest BCUT2D eigenvalue weighted by Crippen LogP contribution is 2.31. The van der Waals surface area contributed by atoms with Crippen molar-refractivity contribution >= 4 is 0 Å². The van der Waals surface area contributed by atoms with E-state index in [0.717, 1.165) is 24.3 Å². The van der Waals surface area contributed by atoms with E-state index in [2.05, 4.69) is 4.74 Å². The number of hydrogen-bond donors (Lipinski definition) is 1. The SMILES string of the molecule is Oc1ccc(F)cc1-c1ccc(OC(F)(F)F)cc1. The van der Waals surface area contributed by atoms with Gasteiger partial charge in [0.2, 0.25) is 0 Å². The second-order valence-electron chi connectivity index (χ2n) is 3.73. The fourth-order valence-corrected chi connectivity index (χ4v) is 1.58. The van der Waals surface area contributed by atoms with Gasteiger partial charge in [0, 0.05) is 5.56 Å². The summed E-state index contributed by atoms with van der Waals surface area (Å²) in [6.45, 7) is 0. The smallest absolute Gasteiger partial charge is 0.507 e. The van der Waals surface area contributed by atoms with Gasteiger partial charge in [-0.2, -0.15) is 0 Å². The summed E-state index contributed by atoms with van der Waals surface area (Å²) in [7, 11) is 0. The molecule has 19 heavy (non-hydrogen) atoms. The topological polar surface area (TPSA) is 29.5 Å². The average molecular weight is 272 g/mol. The molecule has 0 aliphatic carbocycles. The number of halogens is 4. The van der Waals surface area contributed by atoms with Gasteiger partial charge in [-0.3, -0.25) is 0 Å². The lowest BCUT2D eigenvalue weighted by atomic mass is 10.0. The molecule has 0 heterocycles. The Morgan fingerprint density at radius 1 is 0.947 bits per heavy atom. The van der Waals surface area contributed by atoms with Gasteiger partial charge in [-0.05, 0) is 35.9 Å². The summed E-state index contributed by atoms with van der Waals surface area (Å²) in [5.41, 5.74) is 0.574. The molecule has 2 aromatic carbocycles. The van der Waals surface area contributed by atoms with Crippen LogP contribution < -0.4 is 4.74 Å². The first-order chi connectivity index (χ1) is 8.85. The third-order valence-corrected chi connectivity index (χ3v) is 2.36. The Kier molecular flexibility index (Phi) is 3.33. The lowest BCUT2D eigenvalue weighted by Crippen LogP contribution is -2.16. The predicted octanol–water partition coefficient (Wildman–Crippen LogP) is 4.10. The molecule has 0 radical (unpaired) electrons. The highest BCUT2D eigenvalue weighted by atomic mass is 19.4. The maximum absolute atomic E-state index is 13.0. The number of phenols is 1. The van der Waals surface area contributed by atoms with Crippen molar-refractivity contribution in [3.05, 3.63) is 48.3 Å². The maximum Gasteiger partial charge on any atom is 0.573 e. The Bertz CT molecular complexity index is 576. The number of aromatic hydroxyl groups is 1. The average Bonchev–Trinajstić information content (AvgIpc) is 2.31. The summed E-state index contributed by atoms with van der Waals surface area (Å²) in [6, 6.07) is 8.13. The van der Waals surface area contributed by atoms with Crippen LogP contribution in [0.5, 0.6) is 11.5 Å². The molecule has 0 saturated carbocycles. The molecular formula is C13H8F4O2. The van der Waals surface area contributed by atoms with Gasteiger partial charge in [0.15, 0.2) is 0 Å². The zero-order valence-corrected chi connectivity index (χ0v) is 9.41. The molecule has 1 N–H and O–H groups in total. The van der Waals surface area contributed by atoms with Crippen LogP contribution in [0.4, 0.5) is 17.6 Å². The number of ether oxygens (including phenoxy) is 1. The van der Waals surface area contributed by atoms with Crippen molar-refractivity contribution in [2.75, 3.05) is 0 Å². The van der Waals surface area contributed by atoms with Crippen LogP contribution in [-0.2, 0) is 0 Å². The molecule has 2 aromatic rings. The first kappa shape index (κ1) is 13.2. The minimum atomic E-state index is -4.76. The van der Waals surface area contributed by atoms with E-state index in [-0.39, 0.29) is 17.1 Å². The molecule has 0 amide bonds. The van der Waals surface area contributed by atoms with Crippen molar-refractivity contribution in [2.45, 2.75) is 6.36 Å². The first-order valence-electron chi connectivity index (χ1n) is 5.20. The lowest BCUT2D eigenvalue weighted by molar-refractivity contribution is -0.274. The fourth-order valence-electron chi connectivity index (χ4n) is 1.58. The van der Waals surface area contributed by atoms with Crippen molar-refractivity contribution in [2.24, 2.45) is 0 Å². The van der Waals surface area contributed by atoms with E-state index in [1.54, 1.807) is 0 Å². The molecule has 0 aliphatic rings. The first-order valence-corrected chi connectivity index (χ1v) is 5.20. The molecule has 2 rings (SSSR count). The number of alkyl halides is 3. The van der Waals surface area contributed by atoms with Crippen LogP contribution in [0.1, 0.15) is 0 Å². The highest BCUT2D eigenvalue weighted by Gasteiger charge is 2.30. The molecule has 0 bridgehead atoms. The Hall–Kier alpha value is -2.24. The molecule has 0 fully saturated rings. The van der Waals surface area contributed by atoms with Crippen LogP contribution in [0.15, 0.2) is 42.5 Å². The maximum atomic E-state index is 13.0. The van der Waals surface area contributed by atoms with E-state index >= 15 is 0 Å². The van der Waals surface area contributed by atoms with Gasteiger partial charge in [-0.1, -0.05) is 12.1 Å². The van der Waals surface area contributed by atoms with Gasteiger partial charge in [0.05, 0.1) is 0 Å². The number of benzene rings is 2. The van der Waals surface area contributed by atoms with Gasteiger partial charge in [0.25, 0.3) is 0 Å². The van der Waals surface area contributed by atoms with Crippen molar-refractivity contribution in [1.82, 2.24) is 0 Å². The Balaban J connectivity index is 2.30. The van der Waals surface area contributed by atoms with E-state index in [1.165, 1.54) is 18.2 Å².